The molecule has 2 aromatic heterocycles. The first-order chi connectivity index (χ1) is 14.2. The number of hydrogen-bond acceptors (Lipinski definition) is 7. The number of fused-ring (bicyclic) bond motifs is 2. The summed E-state index contributed by atoms with van der Waals surface area (Å²) in [7, 11) is 0. The number of benzene rings is 2. The van der Waals surface area contributed by atoms with Crippen LogP contribution in [0.3, 0.4) is 0 Å². The number of hydrogen-bond donors (Lipinski definition) is 4. The third kappa shape index (κ3) is 3.39. The van der Waals surface area contributed by atoms with E-state index in [0.717, 1.165) is 22.0 Å². The van der Waals surface area contributed by atoms with Crippen LogP contribution in [-0.4, -0.2) is 42.6 Å². The van der Waals surface area contributed by atoms with E-state index in [-0.39, 0.29) is 12.7 Å². The predicted octanol–water partition coefficient (Wildman–Crippen LogP) is 2.81. The topological polar surface area (TPSA) is 116 Å². The molecule has 0 radical (unpaired) electrons. The normalized spacial score (nSPS) is 18.6. The Morgan fingerprint density at radius 3 is 2.97 bits per heavy atom. The van der Waals surface area contributed by atoms with Crippen molar-refractivity contribution in [2.45, 2.75) is 25.2 Å². The van der Waals surface area contributed by atoms with Crippen molar-refractivity contribution in [3.63, 3.8) is 0 Å². The molecule has 0 bridgehead atoms. The van der Waals surface area contributed by atoms with Crippen LogP contribution in [-0.2, 0) is 6.61 Å². The van der Waals surface area contributed by atoms with Crippen LogP contribution in [0, 0.1) is 0 Å². The zero-order chi connectivity index (χ0) is 19.8. The van der Waals surface area contributed by atoms with Gasteiger partial charge in [0, 0.05) is 29.1 Å². The Kier molecular flexibility index (Phi) is 4.34. The number of aromatic amines is 1. The average molecular weight is 389 g/mol. The van der Waals surface area contributed by atoms with Gasteiger partial charge >= 0.3 is 0 Å². The highest BCUT2D eigenvalue weighted by Crippen LogP contribution is 2.28. The molecule has 1 aliphatic carbocycles. The van der Waals surface area contributed by atoms with Crippen molar-refractivity contribution in [2.24, 2.45) is 0 Å². The number of para-hydroxylation sites is 1. The van der Waals surface area contributed by atoms with E-state index in [4.69, 9.17) is 4.74 Å². The number of aromatic nitrogens is 4. The minimum Gasteiger partial charge on any atom is -0.484 e. The van der Waals surface area contributed by atoms with Crippen molar-refractivity contribution in [3.8, 4) is 5.75 Å². The Bertz CT molecular complexity index is 1220. The number of nitrogens with one attached hydrogen (secondary N) is 2. The fourth-order valence-corrected chi connectivity index (χ4v) is 3.49. The molecule has 29 heavy (non-hydrogen) atoms. The fraction of sp³-hybridized carbons (Fsp3) is 0.190. The molecule has 1 aliphatic rings. The third-order valence-electron chi connectivity index (χ3n) is 4.92. The summed E-state index contributed by atoms with van der Waals surface area (Å²) in [5.74, 6) is 1.09. The second-order valence-electron chi connectivity index (χ2n) is 6.95. The quantitative estimate of drug-likeness (QED) is 0.388. The molecule has 4 aromatic rings. The first-order valence-electron chi connectivity index (χ1n) is 9.33. The van der Waals surface area contributed by atoms with Crippen molar-refractivity contribution < 1.29 is 14.9 Å². The van der Waals surface area contributed by atoms with Crippen LogP contribution in [0.5, 0.6) is 5.75 Å². The zero-order valence-electron chi connectivity index (χ0n) is 15.4. The SMILES string of the molecule is OCc1n[nH]c2cc(Nc3ncc4cccc(OC5C=CC(O)C5)c4n3)ccc12. The van der Waals surface area contributed by atoms with Gasteiger partial charge < -0.3 is 20.3 Å². The molecule has 146 valence electrons. The number of rotatable bonds is 5. The number of ether oxygens (including phenoxy) is 1. The first kappa shape index (κ1) is 17.6. The Labute approximate surface area is 165 Å². The van der Waals surface area contributed by atoms with Crippen LogP contribution < -0.4 is 10.1 Å². The van der Waals surface area contributed by atoms with Crippen molar-refractivity contribution in [1.29, 1.82) is 0 Å². The van der Waals surface area contributed by atoms with Crippen LogP contribution in [0.1, 0.15) is 12.1 Å². The molecule has 2 unspecified atom stereocenters. The lowest BCUT2D eigenvalue weighted by Crippen LogP contribution is -2.14. The van der Waals surface area contributed by atoms with E-state index in [0.29, 0.717) is 29.3 Å². The molecule has 8 heteroatoms. The standard InChI is InChI=1S/C21H19N5O3/c27-11-18-16-7-4-13(8-17(16)25-26-18)23-21-22-10-12-2-1-3-19(20(12)24-21)29-15-6-5-14(28)9-15/h1-8,10,14-15,27-28H,9,11H2,(H,25,26)(H,22,23,24). The van der Waals surface area contributed by atoms with Gasteiger partial charge in [-0.05, 0) is 30.3 Å². The van der Waals surface area contributed by atoms with Crippen LogP contribution in [0.25, 0.3) is 21.8 Å². The summed E-state index contributed by atoms with van der Waals surface area (Å²) in [5.41, 5.74) is 2.92. The number of aliphatic hydroxyl groups excluding tert-OH is 2. The minimum absolute atomic E-state index is 0.115. The predicted molar refractivity (Wildman–Crippen MR) is 109 cm³/mol. The molecule has 0 aliphatic heterocycles. The molecule has 5 rings (SSSR count). The van der Waals surface area contributed by atoms with E-state index in [2.05, 4.69) is 25.5 Å². The second kappa shape index (κ2) is 7.16. The maximum absolute atomic E-state index is 9.67. The van der Waals surface area contributed by atoms with E-state index >= 15 is 0 Å². The molecule has 0 amide bonds. The molecule has 0 saturated carbocycles. The van der Waals surface area contributed by atoms with E-state index < -0.39 is 6.10 Å². The van der Waals surface area contributed by atoms with E-state index in [1.807, 2.05) is 42.5 Å². The molecule has 0 saturated heterocycles. The van der Waals surface area contributed by atoms with Crippen molar-refractivity contribution in [2.75, 3.05) is 5.32 Å². The van der Waals surface area contributed by atoms with E-state index in [1.54, 1.807) is 12.3 Å². The van der Waals surface area contributed by atoms with Crippen molar-refractivity contribution in [3.05, 3.63) is 60.4 Å². The summed E-state index contributed by atoms with van der Waals surface area (Å²) >= 11 is 0. The second-order valence-corrected chi connectivity index (χ2v) is 6.95. The van der Waals surface area contributed by atoms with Gasteiger partial charge in [-0.15, -0.1) is 0 Å². The maximum atomic E-state index is 9.67. The Hall–Kier alpha value is -3.49. The highest BCUT2D eigenvalue weighted by atomic mass is 16.5. The summed E-state index contributed by atoms with van der Waals surface area (Å²) in [6, 6.07) is 11.4. The molecular weight excluding hydrogens is 370 g/mol. The average Bonchev–Trinajstić information content (AvgIpc) is 3.33. The van der Waals surface area contributed by atoms with Crippen LogP contribution in [0.2, 0.25) is 0 Å². The first-order valence-corrected chi connectivity index (χ1v) is 9.33. The molecule has 0 fully saturated rings. The fourth-order valence-electron chi connectivity index (χ4n) is 3.49. The third-order valence-corrected chi connectivity index (χ3v) is 4.92. The lowest BCUT2D eigenvalue weighted by Gasteiger charge is -2.14. The largest absolute Gasteiger partial charge is 0.484 e. The molecular formula is C21H19N5O3. The summed E-state index contributed by atoms with van der Waals surface area (Å²) < 4.78 is 6.04. The van der Waals surface area contributed by atoms with Crippen molar-refractivity contribution >= 4 is 33.4 Å². The van der Waals surface area contributed by atoms with Gasteiger partial charge in [-0.25, -0.2) is 9.97 Å². The molecule has 2 aromatic carbocycles. The van der Waals surface area contributed by atoms with E-state index in [1.165, 1.54) is 0 Å². The highest BCUT2D eigenvalue weighted by molar-refractivity contribution is 5.87. The number of H-pyrrole nitrogens is 1. The Morgan fingerprint density at radius 1 is 1.21 bits per heavy atom. The van der Waals surface area contributed by atoms with Gasteiger partial charge in [0.25, 0.3) is 0 Å². The maximum Gasteiger partial charge on any atom is 0.227 e. The smallest absolute Gasteiger partial charge is 0.227 e. The molecule has 2 heterocycles. The van der Waals surface area contributed by atoms with Gasteiger partial charge in [-0.3, -0.25) is 5.10 Å². The van der Waals surface area contributed by atoms with Gasteiger partial charge in [0.2, 0.25) is 5.95 Å². The molecule has 8 nitrogen and oxygen atoms in total. The van der Waals surface area contributed by atoms with Gasteiger partial charge in [-0.2, -0.15) is 5.10 Å². The zero-order valence-corrected chi connectivity index (χ0v) is 15.4. The summed E-state index contributed by atoms with van der Waals surface area (Å²) in [6.45, 7) is -0.115. The van der Waals surface area contributed by atoms with Gasteiger partial charge in [0.05, 0.1) is 23.9 Å². The highest BCUT2D eigenvalue weighted by Gasteiger charge is 2.19. The summed E-state index contributed by atoms with van der Waals surface area (Å²) in [4.78, 5) is 9.02. The summed E-state index contributed by atoms with van der Waals surface area (Å²) in [6.07, 6.45) is 5.24. The monoisotopic (exact) mass is 389 g/mol. The van der Waals surface area contributed by atoms with E-state index in [9.17, 15) is 10.2 Å². The Morgan fingerprint density at radius 2 is 2.14 bits per heavy atom. The number of nitrogens with zero attached hydrogens (tertiary/aromatic N) is 3. The van der Waals surface area contributed by atoms with Crippen LogP contribution >= 0.6 is 0 Å². The summed E-state index contributed by atoms with van der Waals surface area (Å²) in [5, 5.41) is 30.9. The molecule has 2 atom stereocenters. The Balaban J connectivity index is 1.44. The molecule has 4 N–H and O–H groups in total. The van der Waals surface area contributed by atoms with Crippen molar-refractivity contribution in [1.82, 2.24) is 20.2 Å². The lowest BCUT2D eigenvalue weighted by atomic mass is 10.2. The molecule has 0 spiro atoms. The lowest BCUT2D eigenvalue weighted by molar-refractivity contribution is 0.166. The number of anilines is 2. The van der Waals surface area contributed by atoms with Gasteiger partial charge in [0.15, 0.2) is 0 Å². The van der Waals surface area contributed by atoms with Gasteiger partial charge in [0.1, 0.15) is 17.4 Å². The van der Waals surface area contributed by atoms with Gasteiger partial charge in [-0.1, -0.05) is 18.2 Å². The van der Waals surface area contributed by atoms with Crippen LogP contribution in [0.15, 0.2) is 54.7 Å². The van der Waals surface area contributed by atoms with Crippen LogP contribution in [0.4, 0.5) is 11.6 Å². The number of aliphatic hydroxyl groups is 2. The minimum atomic E-state index is -0.467.